The summed E-state index contributed by atoms with van der Waals surface area (Å²) < 4.78 is 5.93. The zero-order chi connectivity index (χ0) is 18.5. The van der Waals surface area contributed by atoms with Crippen molar-refractivity contribution in [3.05, 3.63) is 83.0 Å². The molecule has 0 radical (unpaired) electrons. The minimum atomic E-state index is 0.327. The highest BCUT2D eigenvalue weighted by Crippen LogP contribution is 2.27. The summed E-state index contributed by atoms with van der Waals surface area (Å²) in [5.41, 5.74) is 2.23. The van der Waals surface area contributed by atoms with Crippen LogP contribution in [0.5, 0.6) is 11.6 Å². The molecule has 0 aliphatic heterocycles. The predicted octanol–water partition coefficient (Wildman–Crippen LogP) is 5.11. The SMILES string of the molecule is Cc1ccc(/C(=N/O)N(C)c2ccccc2)c(Oc2ccc(Cl)cc2)n1. The van der Waals surface area contributed by atoms with E-state index in [4.69, 9.17) is 16.3 Å². The van der Waals surface area contributed by atoms with Gasteiger partial charge in [-0.1, -0.05) is 35.0 Å². The maximum atomic E-state index is 9.65. The number of rotatable bonds is 4. The predicted molar refractivity (Wildman–Crippen MR) is 104 cm³/mol. The van der Waals surface area contributed by atoms with Crippen LogP contribution in [0.2, 0.25) is 5.02 Å². The van der Waals surface area contributed by atoms with E-state index < -0.39 is 0 Å². The summed E-state index contributed by atoms with van der Waals surface area (Å²) in [6, 6.07) is 20.3. The largest absolute Gasteiger partial charge is 0.438 e. The number of halogens is 1. The van der Waals surface area contributed by atoms with Crippen molar-refractivity contribution in [2.24, 2.45) is 5.16 Å². The number of aryl methyl sites for hydroxylation is 1. The van der Waals surface area contributed by atoms with Crippen LogP contribution in [-0.2, 0) is 0 Å². The summed E-state index contributed by atoms with van der Waals surface area (Å²) in [6.45, 7) is 1.87. The third-order valence-electron chi connectivity index (χ3n) is 3.82. The van der Waals surface area contributed by atoms with Crippen molar-refractivity contribution in [1.29, 1.82) is 0 Å². The van der Waals surface area contributed by atoms with Gasteiger partial charge in [-0.3, -0.25) is 0 Å². The Kier molecular flexibility index (Phi) is 5.39. The second-order valence-corrected chi connectivity index (χ2v) is 6.12. The number of pyridine rings is 1. The molecule has 0 saturated carbocycles. The van der Waals surface area contributed by atoms with E-state index in [2.05, 4.69) is 10.1 Å². The lowest BCUT2D eigenvalue weighted by Crippen LogP contribution is -2.28. The number of hydrogen-bond acceptors (Lipinski definition) is 4. The Morgan fingerprint density at radius 3 is 2.38 bits per heavy atom. The summed E-state index contributed by atoms with van der Waals surface area (Å²) in [7, 11) is 1.82. The maximum absolute atomic E-state index is 9.65. The second-order valence-electron chi connectivity index (χ2n) is 5.68. The van der Waals surface area contributed by atoms with Crippen molar-refractivity contribution >= 4 is 23.1 Å². The Morgan fingerprint density at radius 2 is 1.73 bits per heavy atom. The molecule has 0 unspecified atom stereocenters. The van der Waals surface area contributed by atoms with Gasteiger partial charge in [0.15, 0.2) is 5.84 Å². The van der Waals surface area contributed by atoms with E-state index in [0.29, 0.717) is 28.1 Å². The molecule has 3 aromatic rings. The van der Waals surface area contributed by atoms with Crippen LogP contribution in [0.4, 0.5) is 5.69 Å². The molecule has 0 atom stereocenters. The minimum absolute atomic E-state index is 0.327. The third-order valence-corrected chi connectivity index (χ3v) is 4.08. The highest BCUT2D eigenvalue weighted by molar-refractivity contribution is 6.30. The van der Waals surface area contributed by atoms with Crippen LogP contribution in [0, 0.1) is 6.92 Å². The van der Waals surface area contributed by atoms with Crippen LogP contribution in [-0.4, -0.2) is 23.1 Å². The van der Waals surface area contributed by atoms with Gasteiger partial charge < -0.3 is 14.8 Å². The lowest BCUT2D eigenvalue weighted by atomic mass is 10.2. The summed E-state index contributed by atoms with van der Waals surface area (Å²) in [5.74, 6) is 1.27. The number of hydrogen-bond donors (Lipinski definition) is 1. The molecule has 2 aromatic carbocycles. The van der Waals surface area contributed by atoms with Gasteiger partial charge in [-0.25, -0.2) is 4.98 Å². The molecular weight excluding hydrogens is 350 g/mol. The van der Waals surface area contributed by atoms with E-state index in [1.165, 1.54) is 0 Å². The smallest absolute Gasteiger partial charge is 0.230 e. The Labute approximate surface area is 157 Å². The van der Waals surface area contributed by atoms with Crippen LogP contribution in [0.3, 0.4) is 0 Å². The van der Waals surface area contributed by atoms with Gasteiger partial charge in [-0.05, 0) is 55.5 Å². The fraction of sp³-hybridized carbons (Fsp3) is 0.100. The summed E-state index contributed by atoms with van der Waals surface area (Å²) in [5, 5.41) is 13.8. The number of oxime groups is 1. The van der Waals surface area contributed by atoms with E-state index in [0.717, 1.165) is 11.4 Å². The fourth-order valence-corrected chi connectivity index (χ4v) is 2.60. The van der Waals surface area contributed by atoms with Gasteiger partial charge in [-0.2, -0.15) is 0 Å². The monoisotopic (exact) mass is 367 g/mol. The van der Waals surface area contributed by atoms with Gasteiger partial charge in [0.1, 0.15) is 5.75 Å². The van der Waals surface area contributed by atoms with Crippen LogP contribution in [0.15, 0.2) is 71.9 Å². The van der Waals surface area contributed by atoms with E-state index in [1.54, 1.807) is 29.2 Å². The van der Waals surface area contributed by atoms with Crippen molar-refractivity contribution in [2.75, 3.05) is 11.9 Å². The normalized spacial score (nSPS) is 11.3. The highest BCUT2D eigenvalue weighted by Gasteiger charge is 2.19. The second kappa shape index (κ2) is 7.89. The maximum Gasteiger partial charge on any atom is 0.230 e. The zero-order valence-electron chi connectivity index (χ0n) is 14.4. The molecule has 0 aliphatic carbocycles. The number of aromatic nitrogens is 1. The molecule has 0 bridgehead atoms. The van der Waals surface area contributed by atoms with Gasteiger partial charge in [-0.15, -0.1) is 0 Å². The average Bonchev–Trinajstić information content (AvgIpc) is 2.66. The molecule has 6 heteroatoms. The van der Waals surface area contributed by atoms with Crippen molar-refractivity contribution < 1.29 is 9.94 Å². The molecular formula is C20H18ClN3O2. The lowest BCUT2D eigenvalue weighted by Gasteiger charge is -2.21. The van der Waals surface area contributed by atoms with E-state index >= 15 is 0 Å². The van der Waals surface area contributed by atoms with E-state index in [1.807, 2.05) is 56.4 Å². The van der Waals surface area contributed by atoms with Crippen molar-refractivity contribution in [3.8, 4) is 11.6 Å². The first-order valence-electron chi connectivity index (χ1n) is 8.01. The summed E-state index contributed by atoms with van der Waals surface area (Å²) in [6.07, 6.45) is 0. The van der Waals surface area contributed by atoms with Crippen LogP contribution in [0.1, 0.15) is 11.3 Å². The molecule has 1 heterocycles. The molecule has 0 saturated heterocycles. The van der Waals surface area contributed by atoms with Crippen molar-refractivity contribution in [1.82, 2.24) is 4.98 Å². The number of amidine groups is 1. The minimum Gasteiger partial charge on any atom is -0.438 e. The summed E-state index contributed by atoms with van der Waals surface area (Å²) >= 11 is 5.92. The van der Waals surface area contributed by atoms with Gasteiger partial charge in [0.05, 0.1) is 5.56 Å². The molecule has 5 nitrogen and oxygen atoms in total. The number of nitrogens with zero attached hydrogens (tertiary/aromatic N) is 3. The first-order chi connectivity index (χ1) is 12.6. The molecule has 132 valence electrons. The fourth-order valence-electron chi connectivity index (χ4n) is 2.47. The number of benzene rings is 2. The molecule has 1 N–H and O–H groups in total. The van der Waals surface area contributed by atoms with Gasteiger partial charge in [0, 0.05) is 23.5 Å². The molecule has 0 fully saturated rings. The molecule has 0 aliphatic rings. The first-order valence-corrected chi connectivity index (χ1v) is 8.38. The standard InChI is InChI=1S/C20H18ClN3O2/c1-14-8-13-18(19(23-25)24(2)16-6-4-3-5-7-16)20(22-14)26-17-11-9-15(21)10-12-17/h3-13,25H,1-2H3/b23-19-. The van der Waals surface area contributed by atoms with Crippen molar-refractivity contribution in [2.45, 2.75) is 6.92 Å². The van der Waals surface area contributed by atoms with E-state index in [9.17, 15) is 5.21 Å². The molecule has 0 spiro atoms. The Balaban J connectivity index is 1.99. The zero-order valence-corrected chi connectivity index (χ0v) is 15.2. The average molecular weight is 368 g/mol. The molecule has 1 aromatic heterocycles. The molecule has 26 heavy (non-hydrogen) atoms. The van der Waals surface area contributed by atoms with Crippen molar-refractivity contribution in [3.63, 3.8) is 0 Å². The van der Waals surface area contributed by atoms with Gasteiger partial charge >= 0.3 is 0 Å². The van der Waals surface area contributed by atoms with E-state index in [-0.39, 0.29) is 0 Å². The first kappa shape index (κ1) is 17.8. The Morgan fingerprint density at radius 1 is 1.04 bits per heavy atom. The third kappa shape index (κ3) is 3.95. The van der Waals surface area contributed by atoms with Crippen LogP contribution >= 0.6 is 11.6 Å². The van der Waals surface area contributed by atoms with Crippen LogP contribution in [0.25, 0.3) is 0 Å². The molecule has 3 rings (SSSR count). The highest BCUT2D eigenvalue weighted by atomic mass is 35.5. The quantitative estimate of drug-likeness (QED) is 0.301. The topological polar surface area (TPSA) is 58.0 Å². The number of para-hydroxylation sites is 1. The summed E-state index contributed by atoms with van der Waals surface area (Å²) in [4.78, 5) is 6.23. The number of anilines is 1. The van der Waals surface area contributed by atoms with Crippen LogP contribution < -0.4 is 9.64 Å². The Hall–Kier alpha value is -3.05. The lowest BCUT2D eigenvalue weighted by molar-refractivity contribution is 0.318. The Bertz CT molecular complexity index is 912. The molecule has 0 amide bonds. The number of ether oxygens (including phenoxy) is 1. The van der Waals surface area contributed by atoms with Gasteiger partial charge in [0.25, 0.3) is 0 Å². The van der Waals surface area contributed by atoms with Gasteiger partial charge in [0.2, 0.25) is 5.88 Å².